The Morgan fingerprint density at radius 1 is 1.18 bits per heavy atom. The van der Waals surface area contributed by atoms with Crippen molar-refractivity contribution < 1.29 is 14.4 Å². The third-order valence-electron chi connectivity index (χ3n) is 7.45. The van der Waals surface area contributed by atoms with Gasteiger partial charge in [0.1, 0.15) is 0 Å². The van der Waals surface area contributed by atoms with Crippen LogP contribution in [0.2, 0.25) is 5.02 Å². The van der Waals surface area contributed by atoms with Crippen LogP contribution in [-0.4, -0.2) is 30.1 Å². The maximum atomic E-state index is 12.9. The highest BCUT2D eigenvalue weighted by Gasteiger charge is 2.61. The summed E-state index contributed by atoms with van der Waals surface area (Å²) in [5, 5.41) is 2.76. The molecule has 3 aliphatic rings. The first-order valence-corrected chi connectivity index (χ1v) is 10.0. The summed E-state index contributed by atoms with van der Waals surface area (Å²) in [5.74, 6) is -1.72. The van der Waals surface area contributed by atoms with Crippen molar-refractivity contribution in [3.05, 3.63) is 29.3 Å². The number of rotatable bonds is 3. The van der Waals surface area contributed by atoms with E-state index < -0.39 is 23.8 Å². The summed E-state index contributed by atoms with van der Waals surface area (Å²) in [6, 6.07) is 5.66. The molecule has 1 N–H and O–H groups in total. The van der Waals surface area contributed by atoms with Crippen molar-refractivity contribution in [2.75, 3.05) is 4.90 Å². The fourth-order valence-electron chi connectivity index (χ4n) is 5.13. The van der Waals surface area contributed by atoms with Crippen LogP contribution in [0.5, 0.6) is 0 Å². The summed E-state index contributed by atoms with van der Waals surface area (Å²) in [5.41, 5.74) is 0.624. The molecule has 28 heavy (non-hydrogen) atoms. The van der Waals surface area contributed by atoms with Crippen LogP contribution in [0.15, 0.2) is 29.3 Å². The van der Waals surface area contributed by atoms with Crippen molar-refractivity contribution in [2.24, 2.45) is 27.7 Å². The Labute approximate surface area is 169 Å². The second-order valence-corrected chi connectivity index (χ2v) is 9.28. The van der Waals surface area contributed by atoms with Gasteiger partial charge in [0.2, 0.25) is 5.91 Å². The molecule has 7 heteroatoms. The van der Waals surface area contributed by atoms with E-state index in [-0.39, 0.29) is 16.9 Å². The van der Waals surface area contributed by atoms with Gasteiger partial charge in [0.05, 0.1) is 11.7 Å². The molecule has 6 nitrogen and oxygen atoms in total. The number of halogens is 1. The molecular weight excluding hydrogens is 378 g/mol. The molecule has 1 unspecified atom stereocenters. The standard InChI is InChI=1S/C21H24ClN3O3/c1-20(2)12-8-9-21(20,3)16(10-12)23-11-15-17(26)24-19(28)25(18(15)27)14-6-4-13(22)5-7-14/h4-7,11-12,15-16H,8-10H2,1-3H3,(H,24,26,28)/t12-,15?,16-,21-/m1/s1. The fraction of sp³-hybridized carbons (Fsp3) is 0.524. The molecule has 1 aromatic rings. The number of anilines is 1. The minimum absolute atomic E-state index is 0.0635. The van der Waals surface area contributed by atoms with Crippen LogP contribution >= 0.6 is 11.6 Å². The van der Waals surface area contributed by atoms with E-state index in [1.54, 1.807) is 24.3 Å². The van der Waals surface area contributed by atoms with E-state index in [1.165, 1.54) is 12.6 Å². The number of urea groups is 1. The van der Waals surface area contributed by atoms with Crippen LogP contribution in [0, 0.1) is 22.7 Å². The number of nitrogens with one attached hydrogen (secondary N) is 1. The maximum absolute atomic E-state index is 12.9. The first-order chi connectivity index (χ1) is 13.1. The van der Waals surface area contributed by atoms with Gasteiger partial charge in [-0.2, -0.15) is 0 Å². The molecule has 0 spiro atoms. The summed E-state index contributed by atoms with van der Waals surface area (Å²) in [6.45, 7) is 6.84. The highest BCUT2D eigenvalue weighted by atomic mass is 35.5. The van der Waals surface area contributed by atoms with Gasteiger partial charge in [-0.05, 0) is 60.3 Å². The van der Waals surface area contributed by atoms with Gasteiger partial charge in [-0.25, -0.2) is 9.69 Å². The number of hydrogen-bond acceptors (Lipinski definition) is 4. The van der Waals surface area contributed by atoms with Crippen molar-refractivity contribution >= 4 is 41.3 Å². The van der Waals surface area contributed by atoms with Crippen LogP contribution in [0.25, 0.3) is 0 Å². The van der Waals surface area contributed by atoms with Crippen molar-refractivity contribution in [1.82, 2.24) is 5.32 Å². The molecule has 1 saturated heterocycles. The van der Waals surface area contributed by atoms with Crippen LogP contribution < -0.4 is 10.2 Å². The summed E-state index contributed by atoms with van der Waals surface area (Å²) in [4.78, 5) is 43.2. The molecule has 4 amide bonds. The van der Waals surface area contributed by atoms with Crippen molar-refractivity contribution in [2.45, 2.75) is 46.1 Å². The van der Waals surface area contributed by atoms with Crippen LogP contribution in [0.3, 0.4) is 0 Å². The Bertz CT molecular complexity index is 879. The molecule has 4 rings (SSSR count). The monoisotopic (exact) mass is 401 g/mol. The topological polar surface area (TPSA) is 78.8 Å². The molecule has 1 aliphatic heterocycles. The number of hydrogen-bond donors (Lipinski definition) is 1. The van der Waals surface area contributed by atoms with Crippen LogP contribution in [0.4, 0.5) is 10.5 Å². The smallest absolute Gasteiger partial charge is 0.292 e. The SMILES string of the molecule is CC1(C)[C@@H]2CC[C@]1(C)[C@H](N=CC1C(=O)NC(=O)N(c3ccc(Cl)cc3)C1=O)C2. The lowest BCUT2D eigenvalue weighted by Crippen LogP contribution is -2.58. The summed E-state index contributed by atoms with van der Waals surface area (Å²) in [6.07, 6.45) is 4.73. The molecule has 0 radical (unpaired) electrons. The van der Waals surface area contributed by atoms with E-state index in [4.69, 9.17) is 16.6 Å². The second kappa shape index (κ2) is 6.41. The number of nitrogens with zero attached hydrogens (tertiary/aromatic N) is 2. The van der Waals surface area contributed by atoms with Gasteiger partial charge < -0.3 is 0 Å². The number of benzene rings is 1. The molecule has 1 aromatic carbocycles. The zero-order chi connectivity index (χ0) is 20.3. The van der Waals surface area contributed by atoms with E-state index in [2.05, 4.69) is 26.1 Å². The number of carbonyl (C=O) groups excluding carboxylic acids is 3. The molecule has 0 aromatic heterocycles. The predicted octanol–water partition coefficient (Wildman–Crippen LogP) is 3.82. The molecule has 148 valence electrons. The lowest BCUT2D eigenvalue weighted by Gasteiger charge is -2.37. The van der Waals surface area contributed by atoms with Gasteiger partial charge in [-0.3, -0.25) is 19.9 Å². The minimum atomic E-state index is -1.11. The normalized spacial score (nSPS) is 34.4. The third kappa shape index (κ3) is 2.69. The Balaban J connectivity index is 1.58. The van der Waals surface area contributed by atoms with Gasteiger partial charge in [-0.1, -0.05) is 32.4 Å². The highest BCUT2D eigenvalue weighted by Crippen LogP contribution is 2.66. The molecular formula is C21H24ClN3O3. The molecule has 2 bridgehead atoms. The number of amides is 4. The van der Waals surface area contributed by atoms with E-state index >= 15 is 0 Å². The zero-order valence-corrected chi connectivity index (χ0v) is 17.0. The average Bonchev–Trinajstić information content (AvgIpc) is 2.96. The van der Waals surface area contributed by atoms with Gasteiger partial charge in [-0.15, -0.1) is 0 Å². The van der Waals surface area contributed by atoms with E-state index in [9.17, 15) is 14.4 Å². The summed E-state index contributed by atoms with van der Waals surface area (Å²) < 4.78 is 0. The third-order valence-corrected chi connectivity index (χ3v) is 7.70. The van der Waals surface area contributed by atoms with Gasteiger partial charge in [0, 0.05) is 11.2 Å². The first kappa shape index (κ1) is 19.1. The number of aliphatic imine (C=N–C) groups is 1. The van der Waals surface area contributed by atoms with E-state index in [0.29, 0.717) is 16.6 Å². The number of carbonyl (C=O) groups is 3. The average molecular weight is 402 g/mol. The fourth-order valence-corrected chi connectivity index (χ4v) is 5.26. The molecule has 2 aliphatic carbocycles. The molecule has 4 atom stereocenters. The number of barbiturate groups is 1. The number of imide groups is 2. The Morgan fingerprint density at radius 3 is 2.43 bits per heavy atom. The summed E-state index contributed by atoms with van der Waals surface area (Å²) >= 11 is 5.89. The van der Waals surface area contributed by atoms with Crippen LogP contribution in [0.1, 0.15) is 40.0 Å². The van der Waals surface area contributed by atoms with Gasteiger partial charge >= 0.3 is 6.03 Å². The largest absolute Gasteiger partial charge is 0.335 e. The van der Waals surface area contributed by atoms with E-state index in [0.717, 1.165) is 17.7 Å². The quantitative estimate of drug-likeness (QED) is 0.617. The molecule has 3 fully saturated rings. The van der Waals surface area contributed by atoms with E-state index in [1.807, 2.05) is 0 Å². The van der Waals surface area contributed by atoms with Gasteiger partial charge in [0.25, 0.3) is 5.91 Å². The van der Waals surface area contributed by atoms with Crippen LogP contribution in [-0.2, 0) is 9.59 Å². The Morgan fingerprint density at radius 2 is 1.86 bits per heavy atom. The number of fused-ring (bicyclic) bond motifs is 2. The second-order valence-electron chi connectivity index (χ2n) is 8.85. The summed E-state index contributed by atoms with van der Waals surface area (Å²) in [7, 11) is 0. The molecule has 2 saturated carbocycles. The minimum Gasteiger partial charge on any atom is -0.292 e. The highest BCUT2D eigenvalue weighted by molar-refractivity contribution is 6.33. The Hall–Kier alpha value is -2.21. The zero-order valence-electron chi connectivity index (χ0n) is 16.2. The lowest BCUT2D eigenvalue weighted by atomic mass is 9.69. The predicted molar refractivity (Wildman–Crippen MR) is 107 cm³/mol. The maximum Gasteiger partial charge on any atom is 0.335 e. The first-order valence-electron chi connectivity index (χ1n) is 9.63. The molecule has 1 heterocycles. The van der Waals surface area contributed by atoms with Crippen molar-refractivity contribution in [3.63, 3.8) is 0 Å². The van der Waals surface area contributed by atoms with Crippen molar-refractivity contribution in [1.29, 1.82) is 0 Å². The lowest BCUT2D eigenvalue weighted by molar-refractivity contribution is -0.131. The Kier molecular flexibility index (Phi) is 4.38. The van der Waals surface area contributed by atoms with Gasteiger partial charge in [0.15, 0.2) is 5.92 Å². The van der Waals surface area contributed by atoms with Crippen molar-refractivity contribution in [3.8, 4) is 0 Å².